The van der Waals surface area contributed by atoms with E-state index in [-0.39, 0.29) is 0 Å². The first-order valence-electron chi connectivity index (χ1n) is 9.06. The molecule has 0 amide bonds. The van der Waals surface area contributed by atoms with Crippen LogP contribution in [0.5, 0.6) is 5.75 Å². The van der Waals surface area contributed by atoms with Crippen LogP contribution in [-0.2, 0) is 19.4 Å². The Labute approximate surface area is 168 Å². The molecule has 2 aromatic carbocycles. The van der Waals surface area contributed by atoms with Crippen molar-refractivity contribution in [2.75, 3.05) is 11.0 Å². The van der Waals surface area contributed by atoms with E-state index in [1.807, 2.05) is 18.4 Å². The Morgan fingerprint density at radius 1 is 1.26 bits per heavy atom. The first-order chi connectivity index (χ1) is 12.9. The topological polar surface area (TPSA) is 47.3 Å². The third-order valence-corrected chi connectivity index (χ3v) is 5.90. The fourth-order valence-corrected chi connectivity index (χ4v) is 4.18. The Morgan fingerprint density at radius 3 is 2.93 bits per heavy atom. The summed E-state index contributed by atoms with van der Waals surface area (Å²) in [5.41, 5.74) is 4.77. The number of hydrogen-bond acceptors (Lipinski definition) is 5. The molecule has 4 rings (SSSR count). The van der Waals surface area contributed by atoms with Gasteiger partial charge in [-0.2, -0.15) is 0 Å². The normalized spacial score (nSPS) is 15.6. The predicted octanol–water partition coefficient (Wildman–Crippen LogP) is 6.27. The fraction of sp³-hybridized carbons (Fsp3) is 0.381. The minimum absolute atomic E-state index is 0.356. The van der Waals surface area contributed by atoms with Crippen molar-refractivity contribution >= 4 is 40.3 Å². The molecule has 0 aliphatic heterocycles. The summed E-state index contributed by atoms with van der Waals surface area (Å²) in [4.78, 5) is 0. The number of aromatic nitrogens is 1. The molecule has 1 aliphatic rings. The first kappa shape index (κ1) is 18.5. The van der Waals surface area contributed by atoms with Crippen molar-refractivity contribution in [2.24, 2.45) is 5.41 Å². The van der Waals surface area contributed by atoms with Gasteiger partial charge in [-0.05, 0) is 60.1 Å². The zero-order valence-electron chi connectivity index (χ0n) is 15.8. The molecule has 1 N–H and O–H groups in total. The van der Waals surface area contributed by atoms with Gasteiger partial charge in [-0.1, -0.05) is 48.6 Å². The summed E-state index contributed by atoms with van der Waals surface area (Å²) < 4.78 is 14.5. The monoisotopic (exact) mass is 402 g/mol. The first-order valence-corrected chi connectivity index (χ1v) is 10.7. The number of nitrogens with one attached hydrogen (secondary N) is 1. The van der Waals surface area contributed by atoms with E-state index in [0.717, 1.165) is 29.5 Å². The highest BCUT2D eigenvalue weighted by atomic mass is 35.5. The summed E-state index contributed by atoms with van der Waals surface area (Å²) >= 11 is 7.93. The van der Waals surface area contributed by atoms with E-state index in [2.05, 4.69) is 41.9 Å². The van der Waals surface area contributed by atoms with Crippen LogP contribution in [-0.4, -0.2) is 11.4 Å². The molecule has 0 saturated carbocycles. The quantitative estimate of drug-likeness (QED) is 0.510. The molecule has 0 radical (unpaired) electrons. The zero-order chi connectivity index (χ0) is 19.0. The zero-order valence-corrected chi connectivity index (χ0v) is 17.3. The molecule has 0 bridgehead atoms. The number of rotatable bonds is 5. The molecule has 0 unspecified atom stereocenters. The third-order valence-electron chi connectivity index (χ3n) is 5.15. The second-order valence-corrected chi connectivity index (χ2v) is 8.86. The smallest absolute Gasteiger partial charge is 0.187 e. The van der Waals surface area contributed by atoms with E-state index in [0.29, 0.717) is 28.4 Å². The van der Waals surface area contributed by atoms with Gasteiger partial charge in [0.2, 0.25) is 0 Å². The molecule has 1 heterocycles. The number of aryl methyl sites for hydroxylation is 1. The molecule has 0 spiro atoms. The maximum Gasteiger partial charge on any atom is 0.187 e. The lowest BCUT2D eigenvalue weighted by atomic mass is 9.74. The van der Waals surface area contributed by atoms with Gasteiger partial charge >= 0.3 is 0 Å². The Hall–Kier alpha value is -1.85. The van der Waals surface area contributed by atoms with Gasteiger partial charge < -0.3 is 14.0 Å². The molecule has 4 nitrogen and oxygen atoms in total. The predicted molar refractivity (Wildman–Crippen MR) is 113 cm³/mol. The lowest BCUT2D eigenvalue weighted by Crippen LogP contribution is -2.22. The van der Waals surface area contributed by atoms with Gasteiger partial charge in [0.1, 0.15) is 12.4 Å². The Bertz CT molecular complexity index is 984. The molecule has 1 aliphatic carbocycles. The average Bonchev–Trinajstić information content (AvgIpc) is 3.00. The Morgan fingerprint density at radius 2 is 2.11 bits per heavy atom. The minimum Gasteiger partial charge on any atom is -0.489 e. The number of hydrogen-bond donors (Lipinski definition) is 1. The summed E-state index contributed by atoms with van der Waals surface area (Å²) in [6, 6.07) is 10.2. The van der Waals surface area contributed by atoms with Gasteiger partial charge in [0.05, 0.1) is 5.39 Å². The van der Waals surface area contributed by atoms with E-state index in [1.54, 1.807) is 0 Å². The lowest BCUT2D eigenvalue weighted by Gasteiger charge is -2.31. The van der Waals surface area contributed by atoms with Crippen molar-refractivity contribution in [3.63, 3.8) is 0 Å². The number of ether oxygens (including phenoxy) is 1. The van der Waals surface area contributed by atoms with Gasteiger partial charge in [-0.3, -0.25) is 0 Å². The maximum atomic E-state index is 6.47. The third kappa shape index (κ3) is 3.90. The van der Waals surface area contributed by atoms with Crippen LogP contribution in [0, 0.1) is 5.41 Å². The highest BCUT2D eigenvalue weighted by Crippen LogP contribution is 2.36. The fourth-order valence-electron chi connectivity index (χ4n) is 3.62. The second kappa shape index (κ2) is 7.28. The van der Waals surface area contributed by atoms with Crippen LogP contribution in [0.4, 0.5) is 5.82 Å². The van der Waals surface area contributed by atoms with Gasteiger partial charge in [0.15, 0.2) is 11.4 Å². The number of halogens is 1. The maximum absolute atomic E-state index is 6.47. The van der Waals surface area contributed by atoms with Crippen LogP contribution < -0.4 is 9.46 Å². The van der Waals surface area contributed by atoms with Crippen molar-refractivity contribution in [1.82, 2.24) is 5.16 Å². The summed E-state index contributed by atoms with van der Waals surface area (Å²) in [6.07, 6.45) is 5.41. The number of benzene rings is 2. The summed E-state index contributed by atoms with van der Waals surface area (Å²) in [7, 11) is 0. The molecule has 27 heavy (non-hydrogen) atoms. The van der Waals surface area contributed by atoms with E-state index in [4.69, 9.17) is 20.9 Å². The average molecular weight is 403 g/mol. The van der Waals surface area contributed by atoms with Crippen LogP contribution >= 0.6 is 23.5 Å². The molecule has 3 aromatic rings. The van der Waals surface area contributed by atoms with E-state index >= 15 is 0 Å². The van der Waals surface area contributed by atoms with Crippen molar-refractivity contribution in [3.8, 4) is 5.75 Å². The van der Waals surface area contributed by atoms with Crippen LogP contribution in [0.25, 0.3) is 11.0 Å². The van der Waals surface area contributed by atoms with Crippen molar-refractivity contribution in [2.45, 2.75) is 39.7 Å². The molecule has 0 fully saturated rings. The van der Waals surface area contributed by atoms with Crippen molar-refractivity contribution in [3.05, 3.63) is 52.0 Å². The van der Waals surface area contributed by atoms with E-state index in [1.165, 1.54) is 29.5 Å². The summed E-state index contributed by atoms with van der Waals surface area (Å²) in [5.74, 6) is 1.56. The summed E-state index contributed by atoms with van der Waals surface area (Å²) in [5, 5.41) is 5.56. The van der Waals surface area contributed by atoms with Crippen LogP contribution in [0.1, 0.15) is 37.0 Å². The molecular weight excluding hydrogens is 380 g/mol. The largest absolute Gasteiger partial charge is 0.489 e. The highest BCUT2D eigenvalue weighted by molar-refractivity contribution is 7.99. The number of nitrogens with zero attached hydrogens (tertiary/aromatic N) is 1. The SMILES string of the molecule is CSNc1noc2cc(COc3ccc4c(c3)CC(C)(C)CC4)c(Cl)cc12. The standard InChI is InChI=1S/C21H23ClN2O2S/c1-21(2)7-6-13-4-5-16(8-14(13)11-21)25-12-15-9-19-17(10-18(15)22)20(23-26-19)24-27-3/h4-5,8-10H,6-7,11-12H2,1-3H3,(H,23,24). The van der Waals surface area contributed by atoms with Gasteiger partial charge in [-0.15, -0.1) is 0 Å². The van der Waals surface area contributed by atoms with Crippen molar-refractivity contribution in [1.29, 1.82) is 0 Å². The van der Waals surface area contributed by atoms with Crippen LogP contribution in [0.2, 0.25) is 5.02 Å². The summed E-state index contributed by atoms with van der Waals surface area (Å²) in [6.45, 7) is 5.05. The number of fused-ring (bicyclic) bond motifs is 2. The molecular formula is C21H23ClN2O2S. The van der Waals surface area contributed by atoms with E-state index in [9.17, 15) is 0 Å². The molecule has 142 valence electrons. The highest BCUT2D eigenvalue weighted by Gasteiger charge is 2.25. The van der Waals surface area contributed by atoms with Gasteiger partial charge in [-0.25, -0.2) is 0 Å². The van der Waals surface area contributed by atoms with Crippen LogP contribution in [0.15, 0.2) is 34.9 Å². The second-order valence-electron chi connectivity index (χ2n) is 7.84. The molecule has 1 aromatic heterocycles. The number of anilines is 1. The Kier molecular flexibility index (Phi) is 4.99. The van der Waals surface area contributed by atoms with E-state index < -0.39 is 0 Å². The van der Waals surface area contributed by atoms with Crippen molar-refractivity contribution < 1.29 is 9.26 Å². The molecule has 0 saturated heterocycles. The minimum atomic E-state index is 0.356. The van der Waals surface area contributed by atoms with Gasteiger partial charge in [0.25, 0.3) is 0 Å². The lowest BCUT2D eigenvalue weighted by molar-refractivity contribution is 0.298. The molecule has 0 atom stereocenters. The molecule has 6 heteroatoms. The van der Waals surface area contributed by atoms with Crippen LogP contribution in [0.3, 0.4) is 0 Å². The van der Waals surface area contributed by atoms with Gasteiger partial charge in [0, 0.05) is 16.8 Å². The Balaban J connectivity index is 1.53.